The highest BCUT2D eigenvalue weighted by molar-refractivity contribution is 5.73. The van der Waals surface area contributed by atoms with Gasteiger partial charge in [0.05, 0.1) is 13.2 Å². The molecular formula is C7H14F3NO4. The van der Waals surface area contributed by atoms with Crippen molar-refractivity contribution in [2.45, 2.75) is 6.18 Å². The summed E-state index contributed by atoms with van der Waals surface area (Å²) in [6, 6.07) is 0. The Labute approximate surface area is 84.7 Å². The Morgan fingerprint density at radius 2 is 1.47 bits per heavy atom. The molecule has 92 valence electrons. The number of hydrogen-bond acceptors (Lipinski definition) is 4. The van der Waals surface area contributed by atoms with Gasteiger partial charge in [0, 0.05) is 13.1 Å². The molecular weight excluding hydrogens is 219 g/mol. The normalized spacial score (nSPS) is 10.9. The molecule has 0 heterocycles. The molecule has 0 radical (unpaired) electrons. The molecule has 8 heteroatoms. The first kappa shape index (κ1) is 16.6. The first-order valence-electron chi connectivity index (χ1n) is 3.96. The summed E-state index contributed by atoms with van der Waals surface area (Å²) in [6.07, 6.45) is -5.08. The molecule has 0 aliphatic rings. The summed E-state index contributed by atoms with van der Waals surface area (Å²) in [5.74, 6) is -2.76. The smallest absolute Gasteiger partial charge is 0.475 e. The molecule has 0 rings (SSSR count). The van der Waals surface area contributed by atoms with E-state index in [9.17, 15) is 13.2 Å². The average Bonchev–Trinajstić information content (AvgIpc) is 2.04. The van der Waals surface area contributed by atoms with Crippen LogP contribution >= 0.6 is 0 Å². The molecule has 0 aromatic carbocycles. The Bertz CT molecular complexity index is 168. The highest BCUT2D eigenvalue weighted by Crippen LogP contribution is 2.13. The van der Waals surface area contributed by atoms with Crippen molar-refractivity contribution in [3.8, 4) is 0 Å². The highest BCUT2D eigenvalue weighted by Gasteiger charge is 2.38. The highest BCUT2D eigenvalue weighted by atomic mass is 19.4. The fourth-order valence-corrected chi connectivity index (χ4v) is 0.453. The van der Waals surface area contributed by atoms with Crippen LogP contribution in [0.4, 0.5) is 13.2 Å². The van der Waals surface area contributed by atoms with E-state index in [1.165, 1.54) is 0 Å². The molecule has 0 saturated carbocycles. The minimum Gasteiger partial charge on any atom is -0.475 e. The second-order valence-corrected chi connectivity index (χ2v) is 2.55. The molecule has 5 nitrogen and oxygen atoms in total. The zero-order chi connectivity index (χ0) is 12.5. The summed E-state index contributed by atoms with van der Waals surface area (Å²) in [5, 5.41) is 23.8. The number of hydrogen-bond donors (Lipinski definition) is 3. The fourth-order valence-electron chi connectivity index (χ4n) is 0.453. The summed E-state index contributed by atoms with van der Waals surface area (Å²) in [5.41, 5.74) is 0. The lowest BCUT2D eigenvalue weighted by Gasteiger charge is -2.11. The molecule has 0 aliphatic carbocycles. The maximum Gasteiger partial charge on any atom is 0.490 e. The lowest BCUT2D eigenvalue weighted by molar-refractivity contribution is -0.192. The van der Waals surface area contributed by atoms with E-state index in [4.69, 9.17) is 20.1 Å². The molecule has 0 fully saturated rings. The minimum absolute atomic E-state index is 0.163. The summed E-state index contributed by atoms with van der Waals surface area (Å²) >= 11 is 0. The molecule has 3 N–H and O–H groups in total. The van der Waals surface area contributed by atoms with Gasteiger partial charge in [0.1, 0.15) is 0 Å². The van der Waals surface area contributed by atoms with Crippen LogP contribution in [0, 0.1) is 0 Å². The van der Waals surface area contributed by atoms with Crippen LogP contribution < -0.4 is 0 Å². The van der Waals surface area contributed by atoms with Gasteiger partial charge in [-0.15, -0.1) is 0 Å². The second kappa shape index (κ2) is 8.45. The number of alkyl halides is 3. The Balaban J connectivity index is 0. The lowest BCUT2D eigenvalue weighted by atomic mass is 10.5. The van der Waals surface area contributed by atoms with Gasteiger partial charge in [-0.1, -0.05) is 0 Å². The van der Waals surface area contributed by atoms with Crippen molar-refractivity contribution < 1.29 is 33.3 Å². The number of nitrogens with zero attached hydrogens (tertiary/aromatic N) is 1. The van der Waals surface area contributed by atoms with Crippen LogP contribution in [0.15, 0.2) is 0 Å². The van der Waals surface area contributed by atoms with E-state index < -0.39 is 12.1 Å². The molecule has 0 saturated heterocycles. The number of rotatable bonds is 4. The van der Waals surface area contributed by atoms with E-state index in [0.717, 1.165) is 0 Å². The molecule has 0 aromatic rings. The molecule has 0 aliphatic heterocycles. The monoisotopic (exact) mass is 233 g/mol. The summed E-state index contributed by atoms with van der Waals surface area (Å²) in [6.45, 7) is 1.61. The maximum atomic E-state index is 10.6. The van der Waals surface area contributed by atoms with Gasteiger partial charge in [0.2, 0.25) is 0 Å². The minimum atomic E-state index is -5.08. The van der Waals surface area contributed by atoms with E-state index in [0.29, 0.717) is 13.1 Å². The zero-order valence-electron chi connectivity index (χ0n) is 8.16. The van der Waals surface area contributed by atoms with Gasteiger partial charge >= 0.3 is 12.1 Å². The number of aliphatic carboxylic acids is 1. The van der Waals surface area contributed by atoms with Crippen molar-refractivity contribution in [2.24, 2.45) is 0 Å². The lowest BCUT2D eigenvalue weighted by Crippen LogP contribution is -2.25. The van der Waals surface area contributed by atoms with Crippen molar-refractivity contribution in [3.63, 3.8) is 0 Å². The van der Waals surface area contributed by atoms with E-state index in [1.54, 1.807) is 0 Å². The Hall–Kier alpha value is -0.860. The number of carbonyl (C=O) groups is 1. The fraction of sp³-hybridized carbons (Fsp3) is 0.857. The summed E-state index contributed by atoms with van der Waals surface area (Å²) < 4.78 is 31.7. The van der Waals surface area contributed by atoms with Gasteiger partial charge in [-0.2, -0.15) is 13.2 Å². The molecule has 0 aromatic heterocycles. The van der Waals surface area contributed by atoms with Crippen LogP contribution in [-0.2, 0) is 4.79 Å². The van der Waals surface area contributed by atoms with Gasteiger partial charge in [0.15, 0.2) is 0 Å². The molecule has 0 atom stereocenters. The van der Waals surface area contributed by atoms with Crippen LogP contribution in [0.3, 0.4) is 0 Å². The molecule has 0 unspecified atom stereocenters. The number of likely N-dealkylation sites (N-methyl/N-ethyl adjacent to an activating group) is 1. The number of aliphatic hydroxyl groups excluding tert-OH is 2. The van der Waals surface area contributed by atoms with E-state index >= 15 is 0 Å². The first-order valence-corrected chi connectivity index (χ1v) is 3.96. The van der Waals surface area contributed by atoms with E-state index in [1.807, 2.05) is 11.9 Å². The van der Waals surface area contributed by atoms with Gasteiger partial charge in [-0.05, 0) is 7.05 Å². The van der Waals surface area contributed by atoms with Gasteiger partial charge < -0.3 is 20.2 Å². The van der Waals surface area contributed by atoms with Gasteiger partial charge in [-0.25, -0.2) is 4.79 Å². The van der Waals surface area contributed by atoms with Crippen molar-refractivity contribution in [1.82, 2.24) is 4.90 Å². The Kier molecular flexibility index (Phi) is 9.33. The first-order chi connectivity index (χ1) is 6.75. The number of aliphatic hydroxyl groups is 2. The quantitative estimate of drug-likeness (QED) is 0.612. The molecule has 15 heavy (non-hydrogen) atoms. The van der Waals surface area contributed by atoms with Gasteiger partial charge in [-0.3, -0.25) is 0 Å². The van der Waals surface area contributed by atoms with Crippen LogP contribution in [0.5, 0.6) is 0 Å². The molecule has 0 bridgehead atoms. The third kappa shape index (κ3) is 13.1. The Morgan fingerprint density at radius 3 is 1.60 bits per heavy atom. The van der Waals surface area contributed by atoms with E-state index in [-0.39, 0.29) is 13.2 Å². The zero-order valence-corrected chi connectivity index (χ0v) is 8.16. The molecule has 0 amide bonds. The predicted octanol–water partition coefficient (Wildman–Crippen LogP) is -0.464. The van der Waals surface area contributed by atoms with E-state index in [2.05, 4.69) is 0 Å². The summed E-state index contributed by atoms with van der Waals surface area (Å²) in [7, 11) is 1.85. The van der Waals surface area contributed by atoms with Crippen LogP contribution in [0.25, 0.3) is 0 Å². The summed E-state index contributed by atoms with van der Waals surface area (Å²) in [4.78, 5) is 10.8. The van der Waals surface area contributed by atoms with Crippen molar-refractivity contribution in [3.05, 3.63) is 0 Å². The standard InChI is InChI=1S/C5H13NO2.C2HF3O2/c1-6(2-4-7)3-5-8;3-2(4,5)1(6)7/h7-8H,2-5H2,1H3;(H,6,7). The maximum absolute atomic E-state index is 10.6. The predicted molar refractivity (Wildman–Crippen MR) is 45.4 cm³/mol. The van der Waals surface area contributed by atoms with Crippen molar-refractivity contribution in [2.75, 3.05) is 33.4 Å². The van der Waals surface area contributed by atoms with Crippen LogP contribution in [0.2, 0.25) is 0 Å². The Morgan fingerprint density at radius 1 is 1.20 bits per heavy atom. The van der Waals surface area contributed by atoms with Crippen molar-refractivity contribution >= 4 is 5.97 Å². The van der Waals surface area contributed by atoms with Crippen LogP contribution in [-0.4, -0.2) is 65.7 Å². The van der Waals surface area contributed by atoms with Gasteiger partial charge in [0.25, 0.3) is 0 Å². The topological polar surface area (TPSA) is 81.0 Å². The van der Waals surface area contributed by atoms with Crippen molar-refractivity contribution in [1.29, 1.82) is 0 Å². The molecule has 0 spiro atoms. The number of carboxylic acids is 1. The third-order valence-electron chi connectivity index (χ3n) is 1.21. The second-order valence-electron chi connectivity index (χ2n) is 2.55. The average molecular weight is 233 g/mol. The SMILES string of the molecule is CN(CCO)CCO.O=C(O)C(F)(F)F. The number of carboxylic acid groups (broad SMARTS) is 1. The van der Waals surface area contributed by atoms with Crippen LogP contribution in [0.1, 0.15) is 0 Å². The number of halogens is 3. The third-order valence-corrected chi connectivity index (χ3v) is 1.21. The largest absolute Gasteiger partial charge is 0.490 e.